The van der Waals surface area contributed by atoms with Gasteiger partial charge in [-0.15, -0.1) is 0 Å². The third-order valence-electron chi connectivity index (χ3n) is 8.39. The molecular weight excluding hydrogens is 420 g/mol. The number of rotatable bonds is 4. The summed E-state index contributed by atoms with van der Waals surface area (Å²) in [6.45, 7) is 9.63. The molecule has 0 heterocycles. The third-order valence-corrected chi connectivity index (χ3v) is 8.39. The van der Waals surface area contributed by atoms with Gasteiger partial charge in [-0.2, -0.15) is 0 Å². The molecule has 0 nitrogen and oxygen atoms in total. The summed E-state index contributed by atoms with van der Waals surface area (Å²) in [4.78, 5) is 0. The Morgan fingerprint density at radius 3 is 1.20 bits per heavy atom. The highest BCUT2D eigenvalue weighted by atomic mass is 14.5. The molecule has 0 aromatic heterocycles. The molecule has 6 rings (SSSR count). The number of hydrogen-bond donors (Lipinski definition) is 0. The second kappa shape index (κ2) is 8.24. The predicted octanol–water partition coefficient (Wildman–Crippen LogP) is 9.47. The van der Waals surface area contributed by atoms with Crippen molar-refractivity contribution in [2.45, 2.75) is 39.5 Å². The van der Waals surface area contributed by atoms with E-state index in [1.807, 2.05) is 0 Å². The minimum absolute atomic E-state index is 0.0575. The Kier molecular flexibility index (Phi) is 5.15. The molecule has 0 radical (unpaired) electrons. The van der Waals surface area contributed by atoms with Gasteiger partial charge < -0.3 is 0 Å². The van der Waals surface area contributed by atoms with Crippen molar-refractivity contribution in [3.63, 3.8) is 0 Å². The fourth-order valence-electron chi connectivity index (χ4n) is 6.93. The first kappa shape index (κ1) is 21.9. The van der Waals surface area contributed by atoms with Crippen LogP contribution >= 0.6 is 0 Å². The zero-order chi connectivity index (χ0) is 24.2. The summed E-state index contributed by atoms with van der Waals surface area (Å²) >= 11 is 0. The fourth-order valence-corrected chi connectivity index (χ4v) is 6.93. The second-order valence-electron chi connectivity index (χ2n) is 10.7. The third kappa shape index (κ3) is 3.27. The Labute approximate surface area is 209 Å². The highest BCUT2D eigenvalue weighted by Gasteiger charge is 2.49. The molecule has 0 saturated carbocycles. The Balaban J connectivity index is 1.60. The second-order valence-corrected chi connectivity index (χ2v) is 10.7. The molecule has 0 N–H and O–H groups in total. The van der Waals surface area contributed by atoms with Crippen LogP contribution in [-0.2, 0) is 0 Å². The molecule has 0 amide bonds. The Morgan fingerprint density at radius 2 is 0.800 bits per heavy atom. The van der Waals surface area contributed by atoms with Crippen molar-refractivity contribution in [2.75, 3.05) is 0 Å². The van der Waals surface area contributed by atoms with Crippen LogP contribution in [0.25, 0.3) is 22.3 Å². The molecule has 0 spiro atoms. The molecule has 2 aliphatic carbocycles. The summed E-state index contributed by atoms with van der Waals surface area (Å²) in [6, 6.07) is 40.2. The van der Waals surface area contributed by atoms with Crippen molar-refractivity contribution in [3.05, 3.63) is 143 Å². The molecule has 0 saturated heterocycles. The number of fused-ring (bicyclic) bond motifs is 2. The minimum Gasteiger partial charge on any atom is -0.0622 e. The smallest absolute Gasteiger partial charge is 0.0164 e. The Hall–Kier alpha value is -3.64. The van der Waals surface area contributed by atoms with Gasteiger partial charge in [-0.05, 0) is 74.9 Å². The van der Waals surface area contributed by atoms with E-state index in [0.29, 0.717) is 11.8 Å². The molecule has 2 atom stereocenters. The van der Waals surface area contributed by atoms with E-state index in [2.05, 4.69) is 137 Å². The molecule has 2 aliphatic rings. The van der Waals surface area contributed by atoms with E-state index >= 15 is 0 Å². The van der Waals surface area contributed by atoms with Crippen LogP contribution < -0.4 is 0 Å². The number of hydrogen-bond acceptors (Lipinski definition) is 0. The van der Waals surface area contributed by atoms with Crippen molar-refractivity contribution >= 4 is 22.3 Å². The lowest BCUT2D eigenvalue weighted by Crippen LogP contribution is -2.30. The average Bonchev–Trinajstić information content (AvgIpc) is 3.38. The molecule has 0 fully saturated rings. The summed E-state index contributed by atoms with van der Waals surface area (Å²) in [5.74, 6) is 0.590. The summed E-state index contributed by atoms with van der Waals surface area (Å²) in [5.41, 5.74) is 14.1. The minimum atomic E-state index is -0.0575. The van der Waals surface area contributed by atoms with Crippen LogP contribution in [0.3, 0.4) is 0 Å². The zero-order valence-corrected chi connectivity index (χ0v) is 21.0. The number of allylic oxidation sites excluding steroid dienone is 4. The molecule has 172 valence electrons. The van der Waals surface area contributed by atoms with Gasteiger partial charge in [0.05, 0.1) is 0 Å². The monoisotopic (exact) mass is 452 g/mol. The van der Waals surface area contributed by atoms with E-state index in [1.54, 1.807) is 0 Å². The summed E-state index contributed by atoms with van der Waals surface area (Å²) < 4.78 is 0. The van der Waals surface area contributed by atoms with Crippen molar-refractivity contribution < 1.29 is 0 Å². The predicted molar refractivity (Wildman–Crippen MR) is 150 cm³/mol. The normalized spacial score (nSPS) is 19.2. The molecule has 0 aliphatic heterocycles. The quantitative estimate of drug-likeness (QED) is 0.289. The fraction of sp³-hybridized carbons (Fsp3) is 0.200. The van der Waals surface area contributed by atoms with Gasteiger partial charge in [-0.3, -0.25) is 0 Å². The zero-order valence-electron chi connectivity index (χ0n) is 21.0. The van der Waals surface area contributed by atoms with Gasteiger partial charge in [-0.1, -0.05) is 123 Å². The standard InChI is InChI=1S/C35H32/c1-23-27-19-11-13-21-29(27)33(31(23)25-15-7-5-8-16-25)35(3,4)34-30-22-14-12-20-28(30)24(2)32(34)26-17-9-6-10-18-26/h5-22,33-34H,1-4H3. The van der Waals surface area contributed by atoms with Gasteiger partial charge >= 0.3 is 0 Å². The summed E-state index contributed by atoms with van der Waals surface area (Å²) in [6.07, 6.45) is 0. The van der Waals surface area contributed by atoms with Crippen LogP contribution in [0.1, 0.15) is 72.9 Å². The largest absolute Gasteiger partial charge is 0.0622 e. The molecule has 35 heavy (non-hydrogen) atoms. The summed E-state index contributed by atoms with van der Waals surface area (Å²) in [5, 5.41) is 0. The molecular formula is C35H32. The first-order chi connectivity index (χ1) is 17.0. The Bertz CT molecular complexity index is 1350. The molecule has 0 heteroatoms. The van der Waals surface area contributed by atoms with E-state index in [0.717, 1.165) is 0 Å². The highest BCUT2D eigenvalue weighted by Crippen LogP contribution is 2.64. The molecule has 4 aromatic carbocycles. The van der Waals surface area contributed by atoms with Crippen molar-refractivity contribution in [3.8, 4) is 0 Å². The lowest BCUT2D eigenvalue weighted by molar-refractivity contribution is 0.304. The SMILES string of the molecule is CC1=C(c2ccccc2)C(C(C)(C)C2C(c3ccccc3)=C(C)c3ccccc32)c2ccccc21. The van der Waals surface area contributed by atoms with Crippen molar-refractivity contribution in [2.24, 2.45) is 5.41 Å². The van der Waals surface area contributed by atoms with E-state index < -0.39 is 0 Å². The van der Waals surface area contributed by atoms with Gasteiger partial charge in [0.2, 0.25) is 0 Å². The Morgan fingerprint density at radius 1 is 0.457 bits per heavy atom. The first-order valence-corrected chi connectivity index (χ1v) is 12.7. The van der Waals surface area contributed by atoms with Crippen molar-refractivity contribution in [1.29, 1.82) is 0 Å². The van der Waals surface area contributed by atoms with Gasteiger partial charge in [0.1, 0.15) is 0 Å². The van der Waals surface area contributed by atoms with Crippen LogP contribution in [0.15, 0.2) is 109 Å². The van der Waals surface area contributed by atoms with Crippen LogP contribution in [0.2, 0.25) is 0 Å². The maximum absolute atomic E-state index is 2.50. The lowest BCUT2D eigenvalue weighted by atomic mass is 9.61. The highest BCUT2D eigenvalue weighted by molar-refractivity contribution is 6.02. The molecule has 4 aromatic rings. The van der Waals surface area contributed by atoms with Gasteiger partial charge in [0, 0.05) is 11.8 Å². The molecule has 0 bridgehead atoms. The van der Waals surface area contributed by atoms with E-state index in [4.69, 9.17) is 0 Å². The van der Waals surface area contributed by atoms with Crippen LogP contribution in [0.5, 0.6) is 0 Å². The van der Waals surface area contributed by atoms with Gasteiger partial charge in [-0.25, -0.2) is 0 Å². The summed E-state index contributed by atoms with van der Waals surface area (Å²) in [7, 11) is 0. The average molecular weight is 453 g/mol. The van der Waals surface area contributed by atoms with Gasteiger partial charge in [0.15, 0.2) is 0 Å². The topological polar surface area (TPSA) is 0 Å². The number of benzene rings is 4. The van der Waals surface area contributed by atoms with Crippen LogP contribution in [-0.4, -0.2) is 0 Å². The van der Waals surface area contributed by atoms with E-state index in [1.165, 1.54) is 55.7 Å². The first-order valence-electron chi connectivity index (χ1n) is 12.7. The van der Waals surface area contributed by atoms with E-state index in [9.17, 15) is 0 Å². The van der Waals surface area contributed by atoms with Crippen LogP contribution in [0.4, 0.5) is 0 Å². The lowest BCUT2D eigenvalue weighted by Gasteiger charge is -2.42. The molecule has 2 unspecified atom stereocenters. The van der Waals surface area contributed by atoms with Crippen LogP contribution in [0, 0.1) is 5.41 Å². The maximum atomic E-state index is 2.50. The maximum Gasteiger partial charge on any atom is 0.0164 e. The van der Waals surface area contributed by atoms with Gasteiger partial charge in [0.25, 0.3) is 0 Å². The van der Waals surface area contributed by atoms with Crippen molar-refractivity contribution in [1.82, 2.24) is 0 Å². The van der Waals surface area contributed by atoms with E-state index in [-0.39, 0.29) is 5.41 Å².